The lowest BCUT2D eigenvalue weighted by atomic mass is 10.0. The highest BCUT2D eigenvalue weighted by Gasteiger charge is 2.04. The van der Waals surface area contributed by atoms with Crippen LogP contribution in [0.5, 0.6) is 0 Å². The minimum absolute atomic E-state index is 0.368. The zero-order valence-electron chi connectivity index (χ0n) is 8.25. The molecule has 1 aromatic heterocycles. The largest absolute Gasteiger partial charge is 0.299 e. The number of thiophene rings is 1. The predicted molar refractivity (Wildman–Crippen MR) is 57.1 cm³/mol. The van der Waals surface area contributed by atoms with Crippen molar-refractivity contribution in [3.05, 3.63) is 22.4 Å². The van der Waals surface area contributed by atoms with Gasteiger partial charge in [-0.2, -0.15) is 11.3 Å². The highest BCUT2D eigenvalue weighted by molar-refractivity contribution is 7.07. The Morgan fingerprint density at radius 3 is 2.85 bits per heavy atom. The van der Waals surface area contributed by atoms with Gasteiger partial charge in [0, 0.05) is 12.8 Å². The first-order chi connectivity index (χ1) is 6.18. The molecule has 72 valence electrons. The SMILES string of the molecule is CC(C)CCC(=O)Cc1ccsc1. The number of hydrogen-bond acceptors (Lipinski definition) is 2. The van der Waals surface area contributed by atoms with Crippen LogP contribution in [0, 0.1) is 5.92 Å². The molecule has 0 N–H and O–H groups in total. The Labute approximate surface area is 83.8 Å². The summed E-state index contributed by atoms with van der Waals surface area (Å²) in [6, 6.07) is 2.03. The van der Waals surface area contributed by atoms with Crippen LogP contribution >= 0.6 is 11.3 Å². The van der Waals surface area contributed by atoms with Crippen LogP contribution in [0.25, 0.3) is 0 Å². The fraction of sp³-hybridized carbons (Fsp3) is 0.545. The molecule has 0 amide bonds. The molecule has 0 aliphatic heterocycles. The second-order valence-corrected chi connectivity index (χ2v) is 4.56. The molecule has 0 bridgehead atoms. The summed E-state index contributed by atoms with van der Waals surface area (Å²) in [6.45, 7) is 4.30. The number of carbonyl (C=O) groups is 1. The molecule has 1 rings (SSSR count). The second-order valence-electron chi connectivity index (χ2n) is 3.78. The minimum Gasteiger partial charge on any atom is -0.299 e. The van der Waals surface area contributed by atoms with Gasteiger partial charge in [0.15, 0.2) is 0 Å². The number of carbonyl (C=O) groups excluding carboxylic acids is 1. The van der Waals surface area contributed by atoms with Gasteiger partial charge >= 0.3 is 0 Å². The zero-order chi connectivity index (χ0) is 9.68. The van der Waals surface area contributed by atoms with Crippen LogP contribution in [0.15, 0.2) is 16.8 Å². The molecule has 1 aromatic rings. The van der Waals surface area contributed by atoms with E-state index in [-0.39, 0.29) is 0 Å². The molecule has 0 radical (unpaired) electrons. The number of hydrogen-bond donors (Lipinski definition) is 0. The third-order valence-electron chi connectivity index (χ3n) is 1.98. The third kappa shape index (κ3) is 4.23. The molecule has 13 heavy (non-hydrogen) atoms. The maximum Gasteiger partial charge on any atom is 0.137 e. The van der Waals surface area contributed by atoms with E-state index in [1.54, 1.807) is 11.3 Å². The smallest absolute Gasteiger partial charge is 0.137 e. The van der Waals surface area contributed by atoms with Crippen molar-refractivity contribution < 1.29 is 4.79 Å². The van der Waals surface area contributed by atoms with Crippen molar-refractivity contribution in [2.24, 2.45) is 5.92 Å². The van der Waals surface area contributed by atoms with Crippen molar-refractivity contribution in [2.45, 2.75) is 33.1 Å². The lowest BCUT2D eigenvalue weighted by Gasteiger charge is -2.02. The molecule has 2 heteroatoms. The van der Waals surface area contributed by atoms with Crippen LogP contribution in [0.3, 0.4) is 0 Å². The van der Waals surface area contributed by atoms with E-state index >= 15 is 0 Å². The number of Topliss-reactive ketones (excluding diaryl/α,β-unsaturated/α-hetero) is 1. The van der Waals surface area contributed by atoms with Crippen molar-refractivity contribution in [1.29, 1.82) is 0 Å². The summed E-state index contributed by atoms with van der Waals surface area (Å²) in [5.74, 6) is 0.999. The lowest BCUT2D eigenvalue weighted by Crippen LogP contribution is -2.03. The molecule has 0 aliphatic rings. The average Bonchev–Trinajstić information content (AvgIpc) is 2.53. The predicted octanol–water partition coefficient (Wildman–Crippen LogP) is 3.30. The van der Waals surface area contributed by atoms with Crippen molar-refractivity contribution in [3.8, 4) is 0 Å². The van der Waals surface area contributed by atoms with Gasteiger partial charge in [-0.25, -0.2) is 0 Å². The van der Waals surface area contributed by atoms with Crippen LogP contribution in [0.4, 0.5) is 0 Å². The summed E-state index contributed by atoms with van der Waals surface area (Å²) >= 11 is 1.65. The molecule has 0 spiro atoms. The van der Waals surface area contributed by atoms with Gasteiger partial charge in [0.2, 0.25) is 0 Å². The fourth-order valence-electron chi connectivity index (χ4n) is 1.16. The summed E-state index contributed by atoms with van der Waals surface area (Å²) in [5.41, 5.74) is 1.17. The van der Waals surface area contributed by atoms with Crippen LogP contribution in [0.1, 0.15) is 32.3 Å². The molecule has 1 nitrogen and oxygen atoms in total. The Balaban J connectivity index is 2.26. The topological polar surface area (TPSA) is 17.1 Å². The number of ketones is 1. The summed E-state index contributed by atoms with van der Waals surface area (Å²) in [4.78, 5) is 11.4. The van der Waals surface area contributed by atoms with E-state index in [1.807, 2.05) is 16.8 Å². The first kappa shape index (κ1) is 10.5. The molecule has 0 unspecified atom stereocenters. The molecule has 0 saturated carbocycles. The first-order valence-electron chi connectivity index (χ1n) is 4.71. The van der Waals surface area contributed by atoms with Gasteiger partial charge < -0.3 is 0 Å². The Morgan fingerprint density at radius 1 is 1.54 bits per heavy atom. The number of rotatable bonds is 5. The Kier molecular flexibility index (Phi) is 4.16. The molecule has 0 atom stereocenters. The van der Waals surface area contributed by atoms with Gasteiger partial charge in [0.05, 0.1) is 0 Å². The molecule has 0 fully saturated rings. The molecular weight excluding hydrogens is 180 g/mol. The van der Waals surface area contributed by atoms with Crippen LogP contribution in [-0.2, 0) is 11.2 Å². The van der Waals surface area contributed by atoms with E-state index in [1.165, 1.54) is 5.56 Å². The quantitative estimate of drug-likeness (QED) is 0.706. The molecular formula is C11H16OS. The summed E-state index contributed by atoms with van der Waals surface area (Å²) in [6.07, 6.45) is 2.37. The van der Waals surface area contributed by atoms with E-state index in [0.717, 1.165) is 12.8 Å². The van der Waals surface area contributed by atoms with Crippen LogP contribution < -0.4 is 0 Å². The third-order valence-corrected chi connectivity index (χ3v) is 2.71. The van der Waals surface area contributed by atoms with Gasteiger partial charge in [-0.15, -0.1) is 0 Å². The van der Waals surface area contributed by atoms with E-state index in [9.17, 15) is 4.79 Å². The molecule has 0 saturated heterocycles. The highest BCUT2D eigenvalue weighted by atomic mass is 32.1. The standard InChI is InChI=1S/C11H16OS/c1-9(2)3-4-11(12)7-10-5-6-13-8-10/h5-6,8-9H,3-4,7H2,1-2H3. The monoisotopic (exact) mass is 196 g/mol. The van der Waals surface area contributed by atoms with Gasteiger partial charge in [-0.05, 0) is 34.7 Å². The van der Waals surface area contributed by atoms with Crippen molar-refractivity contribution >= 4 is 17.1 Å². The van der Waals surface area contributed by atoms with Gasteiger partial charge in [0.1, 0.15) is 5.78 Å². The maximum absolute atomic E-state index is 11.4. The van der Waals surface area contributed by atoms with Crippen molar-refractivity contribution in [3.63, 3.8) is 0 Å². The molecule has 0 aromatic carbocycles. The highest BCUT2D eigenvalue weighted by Crippen LogP contribution is 2.10. The lowest BCUT2D eigenvalue weighted by molar-refractivity contribution is -0.118. The average molecular weight is 196 g/mol. The molecule has 0 aliphatic carbocycles. The van der Waals surface area contributed by atoms with Crippen molar-refractivity contribution in [2.75, 3.05) is 0 Å². The van der Waals surface area contributed by atoms with E-state index in [0.29, 0.717) is 18.1 Å². The van der Waals surface area contributed by atoms with E-state index in [4.69, 9.17) is 0 Å². The zero-order valence-corrected chi connectivity index (χ0v) is 9.06. The summed E-state index contributed by atoms with van der Waals surface area (Å²) in [5, 5.41) is 4.07. The minimum atomic E-state index is 0.368. The normalized spacial score (nSPS) is 10.7. The van der Waals surface area contributed by atoms with Crippen molar-refractivity contribution in [1.82, 2.24) is 0 Å². The Hall–Kier alpha value is -0.630. The van der Waals surface area contributed by atoms with Gasteiger partial charge in [-0.3, -0.25) is 4.79 Å². The van der Waals surface area contributed by atoms with E-state index < -0.39 is 0 Å². The summed E-state index contributed by atoms with van der Waals surface area (Å²) < 4.78 is 0. The second kappa shape index (κ2) is 5.18. The van der Waals surface area contributed by atoms with E-state index in [2.05, 4.69) is 13.8 Å². The Bertz CT molecular complexity index is 249. The first-order valence-corrected chi connectivity index (χ1v) is 5.65. The molecule has 1 heterocycles. The fourth-order valence-corrected chi connectivity index (χ4v) is 1.83. The van der Waals surface area contributed by atoms with Crippen LogP contribution in [-0.4, -0.2) is 5.78 Å². The summed E-state index contributed by atoms with van der Waals surface area (Å²) in [7, 11) is 0. The van der Waals surface area contributed by atoms with Gasteiger partial charge in [-0.1, -0.05) is 13.8 Å². The Morgan fingerprint density at radius 2 is 2.31 bits per heavy atom. The van der Waals surface area contributed by atoms with Gasteiger partial charge in [0.25, 0.3) is 0 Å². The maximum atomic E-state index is 11.4. The van der Waals surface area contributed by atoms with Crippen LogP contribution in [0.2, 0.25) is 0 Å².